The third-order valence-electron chi connectivity index (χ3n) is 4.34. The van der Waals surface area contributed by atoms with E-state index in [-0.39, 0.29) is 31.3 Å². The number of hydrogen-bond acceptors (Lipinski definition) is 6. The number of primary amides is 1. The van der Waals surface area contributed by atoms with Gasteiger partial charge in [-0.25, -0.2) is 0 Å². The molecule has 0 heterocycles. The van der Waals surface area contributed by atoms with E-state index in [1.807, 2.05) is 36.1 Å². The molecule has 0 aliphatic heterocycles. The number of unbranched alkanes of at least 4 members (excludes halogenated alkanes) is 2. The molecule has 0 saturated carbocycles. The Morgan fingerprint density at radius 3 is 2.50 bits per heavy atom. The van der Waals surface area contributed by atoms with Gasteiger partial charge in [-0.3, -0.25) is 19.2 Å². The number of ether oxygens (including phenoxy) is 1. The molecule has 0 aliphatic rings. The number of benzene rings is 1. The van der Waals surface area contributed by atoms with Gasteiger partial charge in [0, 0.05) is 19.4 Å². The van der Waals surface area contributed by atoms with Crippen molar-refractivity contribution < 1.29 is 25.3 Å². The molecule has 0 spiro atoms. The van der Waals surface area contributed by atoms with E-state index in [9.17, 15) is 19.2 Å². The number of hydrogen-bond donors (Lipinski definition) is 4. The zero-order chi connectivity index (χ0) is 23.1. The molecule has 0 radical (unpaired) electrons. The van der Waals surface area contributed by atoms with Gasteiger partial charge in [-0.05, 0) is 31.7 Å². The molecule has 9 nitrogen and oxygen atoms in total. The van der Waals surface area contributed by atoms with Gasteiger partial charge >= 0.3 is 5.97 Å². The van der Waals surface area contributed by atoms with Crippen LogP contribution in [0.4, 0.5) is 0 Å². The number of amides is 3. The second-order valence-corrected chi connectivity index (χ2v) is 7.03. The Labute approximate surface area is 178 Å². The van der Waals surface area contributed by atoms with Crippen LogP contribution in [0.15, 0.2) is 30.3 Å². The van der Waals surface area contributed by atoms with Crippen molar-refractivity contribution in [2.45, 2.75) is 64.1 Å². The second-order valence-electron chi connectivity index (χ2n) is 7.03. The largest absolute Gasteiger partial charge is 0.461 e. The topological polar surface area (TPSA) is 154 Å². The highest BCUT2D eigenvalue weighted by Gasteiger charge is 2.20. The van der Waals surface area contributed by atoms with Gasteiger partial charge in [-0.2, -0.15) is 0 Å². The lowest BCUT2D eigenvalue weighted by Crippen LogP contribution is -2.49. The number of esters is 1. The first-order valence-electron chi connectivity index (χ1n) is 10.6. The first-order chi connectivity index (χ1) is 14.8. The summed E-state index contributed by atoms with van der Waals surface area (Å²) in [5.74, 6) is -1.78. The fourth-order valence-electron chi connectivity index (χ4n) is 2.56. The third-order valence-corrected chi connectivity index (χ3v) is 4.34. The standard InChI is InChI=1S/C21H32N4O5/c1-15(22)21(29)25-17(20(23)28)11-12-18(26)24-13-7-3-6-10-19(27)30-14-16-8-4-2-5-9-16/h2,4-5,8-9,15,17H,3,6-7,10-14,22H2,1H3,(H2,23,28)(H,24,26)(H,25,29)/t15-,17-/m0/s1/i/hD. The maximum Gasteiger partial charge on any atom is 0.306 e. The van der Waals surface area contributed by atoms with E-state index in [2.05, 4.69) is 10.6 Å². The third kappa shape index (κ3) is 11.2. The summed E-state index contributed by atoms with van der Waals surface area (Å²) in [4.78, 5) is 46.8. The summed E-state index contributed by atoms with van der Waals surface area (Å²) in [7, 11) is 0. The molecular weight excluding hydrogens is 388 g/mol. The zero-order valence-corrected chi connectivity index (χ0v) is 17.3. The molecule has 3 amide bonds. The quantitative estimate of drug-likeness (QED) is 0.239. The van der Waals surface area contributed by atoms with Gasteiger partial charge in [0.1, 0.15) is 14.1 Å². The molecule has 0 fully saturated rings. The van der Waals surface area contributed by atoms with Crippen LogP contribution in [0.1, 0.15) is 51.0 Å². The molecule has 1 aromatic rings. The van der Waals surface area contributed by atoms with Gasteiger partial charge in [-0.15, -0.1) is 0 Å². The Bertz CT molecular complexity index is 717. The first-order valence-corrected chi connectivity index (χ1v) is 10.1. The summed E-state index contributed by atoms with van der Waals surface area (Å²) in [6.07, 6.45) is 2.57. The number of nitrogens with two attached hydrogens (primary N) is 2. The summed E-state index contributed by atoms with van der Waals surface area (Å²) in [6.45, 7) is 2.18. The van der Waals surface area contributed by atoms with Gasteiger partial charge < -0.3 is 26.8 Å². The van der Waals surface area contributed by atoms with Crippen molar-refractivity contribution in [2.24, 2.45) is 11.5 Å². The number of nitrogens with one attached hydrogen (secondary N) is 2. The van der Waals surface area contributed by atoms with E-state index in [1.54, 1.807) is 0 Å². The number of carbonyl (C=O) groups is 4. The highest BCUT2D eigenvalue weighted by atomic mass is 16.5. The fourth-order valence-corrected chi connectivity index (χ4v) is 2.56. The van der Waals surface area contributed by atoms with E-state index in [0.29, 0.717) is 25.8 Å². The van der Waals surface area contributed by atoms with Crippen molar-refractivity contribution in [3.63, 3.8) is 0 Å². The van der Waals surface area contributed by atoms with Gasteiger partial charge in [-0.1, -0.05) is 36.8 Å². The maximum absolute atomic E-state index is 11.9. The van der Waals surface area contributed by atoms with Crippen molar-refractivity contribution >= 4 is 23.7 Å². The van der Waals surface area contributed by atoms with Crippen molar-refractivity contribution in [3.8, 4) is 0 Å². The Hall–Kier alpha value is -2.94. The van der Waals surface area contributed by atoms with Crippen molar-refractivity contribution in [3.05, 3.63) is 35.9 Å². The van der Waals surface area contributed by atoms with Crippen LogP contribution in [0, 0.1) is 0 Å². The summed E-state index contributed by atoms with van der Waals surface area (Å²) >= 11 is 0. The number of carbonyl (C=O) groups excluding carboxylic acids is 4. The Kier molecular flexibility index (Phi) is 11.0. The monoisotopic (exact) mass is 421 g/mol. The molecule has 0 saturated heterocycles. The second kappa shape index (κ2) is 14.1. The van der Waals surface area contributed by atoms with Gasteiger partial charge in [0.25, 0.3) is 0 Å². The summed E-state index contributed by atoms with van der Waals surface area (Å²) in [6, 6.07) is 7.69. The summed E-state index contributed by atoms with van der Waals surface area (Å²) < 4.78 is 12.2. The van der Waals surface area contributed by atoms with Crippen LogP contribution in [0.25, 0.3) is 0 Å². The molecule has 0 aliphatic carbocycles. The first kappa shape index (κ1) is 23.3. The van der Waals surface area contributed by atoms with E-state index in [0.717, 1.165) is 12.0 Å². The van der Waals surface area contributed by atoms with Crippen LogP contribution in [-0.4, -0.2) is 42.3 Å². The van der Waals surface area contributed by atoms with Crippen LogP contribution < -0.4 is 22.1 Å². The lowest BCUT2D eigenvalue weighted by molar-refractivity contribution is -0.145. The molecule has 0 unspecified atom stereocenters. The normalized spacial score (nSPS) is 12.9. The molecule has 166 valence electrons. The van der Waals surface area contributed by atoms with Gasteiger partial charge in [0.2, 0.25) is 17.7 Å². The highest BCUT2D eigenvalue weighted by Crippen LogP contribution is 2.05. The van der Waals surface area contributed by atoms with Crippen LogP contribution >= 0.6 is 0 Å². The minimum atomic E-state index is -0.976. The van der Waals surface area contributed by atoms with Crippen LogP contribution in [0.5, 0.6) is 0 Å². The average molecular weight is 422 g/mol. The molecule has 1 aromatic carbocycles. The number of rotatable bonds is 15. The van der Waals surface area contributed by atoms with Crippen LogP contribution in [0.3, 0.4) is 0 Å². The smallest absolute Gasteiger partial charge is 0.306 e. The molecular formula is C21H32N4O5. The van der Waals surface area contributed by atoms with E-state index in [4.69, 9.17) is 11.9 Å². The average Bonchev–Trinajstić information content (AvgIpc) is 2.77. The molecule has 9 heteroatoms. The lowest BCUT2D eigenvalue weighted by Gasteiger charge is -2.16. The van der Waals surface area contributed by atoms with Crippen molar-refractivity contribution in [2.75, 3.05) is 6.54 Å². The Morgan fingerprint density at radius 2 is 1.83 bits per heavy atom. The predicted molar refractivity (Wildman–Crippen MR) is 112 cm³/mol. The van der Waals surface area contributed by atoms with Crippen molar-refractivity contribution in [1.29, 1.82) is 0 Å². The van der Waals surface area contributed by atoms with Gasteiger partial charge in [0.15, 0.2) is 0 Å². The molecule has 0 aromatic heterocycles. The Morgan fingerprint density at radius 1 is 1.10 bits per heavy atom. The molecule has 0 bridgehead atoms. The molecule has 6 N–H and O–H groups in total. The van der Waals surface area contributed by atoms with E-state index in [1.165, 1.54) is 6.92 Å². The highest BCUT2D eigenvalue weighted by molar-refractivity contribution is 5.89. The van der Waals surface area contributed by atoms with Crippen molar-refractivity contribution in [1.82, 2.24) is 10.6 Å². The SMILES string of the molecule is [2H]N[C@@H](C)C(=O)N[C@@H](CCC(=O)NCCCCCC(=O)OCc1ccccc1)C(N)=O. The van der Waals surface area contributed by atoms with Gasteiger partial charge in [0.05, 0.1) is 6.04 Å². The molecule has 2 atom stereocenters. The minimum Gasteiger partial charge on any atom is -0.461 e. The fraction of sp³-hybridized carbons (Fsp3) is 0.524. The summed E-state index contributed by atoms with van der Waals surface area (Å²) in [5.41, 5.74) is 8.22. The summed E-state index contributed by atoms with van der Waals surface area (Å²) in [5, 5.41) is 5.15. The minimum absolute atomic E-state index is 0.0301. The van der Waals surface area contributed by atoms with Crippen LogP contribution in [-0.2, 0) is 30.5 Å². The lowest BCUT2D eigenvalue weighted by atomic mass is 10.1. The molecule has 30 heavy (non-hydrogen) atoms. The van der Waals surface area contributed by atoms with E-state index >= 15 is 0 Å². The zero-order valence-electron chi connectivity index (χ0n) is 18.3. The van der Waals surface area contributed by atoms with E-state index < -0.39 is 23.9 Å². The Balaban J connectivity index is 2.12. The van der Waals surface area contributed by atoms with Crippen LogP contribution in [0.2, 0.25) is 1.41 Å². The molecule has 1 rings (SSSR count). The predicted octanol–water partition coefficient (Wildman–Crippen LogP) is 0.504. The maximum atomic E-state index is 11.9.